The van der Waals surface area contributed by atoms with Gasteiger partial charge in [0.15, 0.2) is 0 Å². The van der Waals surface area contributed by atoms with Crippen LogP contribution in [0.3, 0.4) is 0 Å². The molecule has 4 rings (SSSR count). The Labute approximate surface area is 393 Å². The molecule has 0 saturated carbocycles. The summed E-state index contributed by atoms with van der Waals surface area (Å²) in [5, 5.41) is 0. The molecule has 0 spiro atoms. The maximum Gasteiger partial charge on any atom is 0.397 e. The van der Waals surface area contributed by atoms with Gasteiger partial charge in [-0.25, -0.2) is 21.7 Å². The van der Waals surface area contributed by atoms with Crippen molar-refractivity contribution in [3.63, 3.8) is 0 Å². The number of terminal acetylenes is 1. The molecule has 362 valence electrons. The Bertz CT molecular complexity index is 3060. The van der Waals surface area contributed by atoms with Gasteiger partial charge in [0.1, 0.15) is 34.4 Å². The second-order valence-corrected chi connectivity index (χ2v) is 17.6. The molecule has 4 N–H and O–H groups in total. The summed E-state index contributed by atoms with van der Waals surface area (Å²) < 4.78 is 164. The molecule has 0 aliphatic rings. The van der Waals surface area contributed by atoms with Crippen molar-refractivity contribution in [3.05, 3.63) is 112 Å². The molecule has 4 aromatic rings. The van der Waals surface area contributed by atoms with Crippen molar-refractivity contribution in [2.75, 3.05) is 52.9 Å². The highest BCUT2D eigenvalue weighted by atomic mass is 32.3. The monoisotopic (exact) mass is 1020 g/mol. The van der Waals surface area contributed by atoms with E-state index in [0.29, 0.717) is 28.0 Å². The number of rotatable bonds is 24. The van der Waals surface area contributed by atoms with Crippen LogP contribution in [0.15, 0.2) is 72.8 Å². The molecule has 21 nitrogen and oxygen atoms in total. The van der Waals surface area contributed by atoms with Crippen LogP contribution in [0.5, 0.6) is 23.0 Å². The molecule has 1 heterocycles. The van der Waals surface area contributed by atoms with E-state index in [0.717, 1.165) is 0 Å². The van der Waals surface area contributed by atoms with Crippen LogP contribution >= 0.6 is 0 Å². The van der Waals surface area contributed by atoms with Gasteiger partial charge in [0.05, 0.1) is 69.5 Å². The van der Waals surface area contributed by atoms with Crippen LogP contribution in [0, 0.1) is 47.9 Å². The predicted octanol–water partition coefficient (Wildman–Crippen LogP) is 3.62. The van der Waals surface area contributed by atoms with Crippen molar-refractivity contribution >= 4 is 41.6 Å². The third-order valence-corrected chi connectivity index (χ3v) is 9.81. The van der Waals surface area contributed by atoms with Gasteiger partial charge >= 0.3 is 41.6 Å². The topological polar surface area (TPSA) is 304 Å². The van der Waals surface area contributed by atoms with Gasteiger partial charge in [-0.05, 0) is 66.4 Å². The number of benzene rings is 3. The summed E-state index contributed by atoms with van der Waals surface area (Å²) in [6, 6.07) is 19.2. The molecule has 0 atom stereocenters. The van der Waals surface area contributed by atoms with Gasteiger partial charge in [-0.1, -0.05) is 35.7 Å². The molecule has 1 aromatic heterocycles. The Morgan fingerprint density at radius 2 is 0.809 bits per heavy atom. The third kappa shape index (κ3) is 22.5. The van der Waals surface area contributed by atoms with E-state index in [4.69, 9.17) is 43.6 Å². The highest BCUT2D eigenvalue weighted by Gasteiger charge is 2.14. The Morgan fingerprint density at radius 1 is 0.426 bits per heavy atom. The highest BCUT2D eigenvalue weighted by molar-refractivity contribution is 7.81. The number of hydrogen-bond acceptors (Lipinski definition) is 17. The van der Waals surface area contributed by atoms with Crippen molar-refractivity contribution < 1.29 is 87.6 Å². The van der Waals surface area contributed by atoms with Gasteiger partial charge in [-0.2, -0.15) is 33.7 Å². The van der Waals surface area contributed by atoms with Crippen LogP contribution < -0.4 is 18.9 Å². The summed E-state index contributed by atoms with van der Waals surface area (Å²) in [5.41, 5.74) is 2.52. The third-order valence-electron chi connectivity index (χ3n) is 7.95. The lowest BCUT2D eigenvalue weighted by Gasteiger charge is -2.13. The van der Waals surface area contributed by atoms with Crippen LogP contribution in [0.2, 0.25) is 0 Å². The average Bonchev–Trinajstić information content (AvgIpc) is 3.26. The minimum atomic E-state index is -4.70. The molecule has 0 radical (unpaired) electrons. The van der Waals surface area contributed by atoms with Gasteiger partial charge < -0.3 is 18.9 Å². The first kappa shape index (κ1) is 54.3. The van der Waals surface area contributed by atoms with Crippen LogP contribution in [0.1, 0.15) is 64.9 Å². The summed E-state index contributed by atoms with van der Waals surface area (Å²) >= 11 is 0. The first-order chi connectivity index (χ1) is 32.1. The fourth-order valence-electron chi connectivity index (χ4n) is 5.07. The maximum atomic E-state index is 11.1. The first-order valence-corrected chi connectivity index (χ1v) is 25.0. The molecule has 0 aliphatic heterocycles. The largest absolute Gasteiger partial charge is 0.493 e. The van der Waals surface area contributed by atoms with Gasteiger partial charge in [0.2, 0.25) is 0 Å². The molecule has 68 heavy (non-hydrogen) atoms. The fraction of sp³-hybridized carbons (Fsp3) is 0.279. The van der Waals surface area contributed by atoms with Gasteiger partial charge in [0.25, 0.3) is 0 Å². The Hall–Kier alpha value is -6.27. The molecule has 0 bridgehead atoms. The second kappa shape index (κ2) is 26.3. The molecular formula is C43H41NO20S4. The summed E-state index contributed by atoms with van der Waals surface area (Å²) in [6.45, 7) is -1.78. The Morgan fingerprint density at radius 3 is 1.24 bits per heavy atom. The quantitative estimate of drug-likeness (QED) is 0.0443. The SMILES string of the molecule is C#Cc1ccc(C#Cc2cc(OCCCOS(=O)(=O)O)c(C#Cc3cccc(C#Cc4cc(OCCCOS(=O)(=O)O)ccc4OCCCOS(=O)(=O)O)n3)cc2OCCCOS(=O)(=O)O)cc1. The smallest absolute Gasteiger partial charge is 0.397 e. The van der Waals surface area contributed by atoms with Crippen molar-refractivity contribution in [1.29, 1.82) is 0 Å². The van der Waals surface area contributed by atoms with Crippen molar-refractivity contribution in [2.45, 2.75) is 25.7 Å². The lowest BCUT2D eigenvalue weighted by molar-refractivity contribution is 0.225. The molecule has 0 aliphatic carbocycles. The molecule has 25 heteroatoms. The van der Waals surface area contributed by atoms with Gasteiger partial charge in [-0.3, -0.25) is 18.2 Å². The first-order valence-electron chi connectivity index (χ1n) is 19.6. The molecular weight excluding hydrogens is 979 g/mol. The zero-order valence-electron chi connectivity index (χ0n) is 35.4. The summed E-state index contributed by atoms with van der Waals surface area (Å²) in [5.74, 6) is 21.2. The summed E-state index contributed by atoms with van der Waals surface area (Å²) in [4.78, 5) is 4.51. The fourth-order valence-corrected chi connectivity index (χ4v) is 6.39. The second-order valence-electron chi connectivity index (χ2n) is 13.2. The van der Waals surface area contributed by atoms with E-state index >= 15 is 0 Å². The van der Waals surface area contributed by atoms with Gasteiger partial charge in [-0.15, -0.1) is 6.42 Å². The van der Waals surface area contributed by atoms with Crippen LogP contribution in [0.25, 0.3) is 0 Å². The average molecular weight is 1020 g/mol. The van der Waals surface area contributed by atoms with Crippen molar-refractivity contribution in [2.24, 2.45) is 0 Å². The van der Waals surface area contributed by atoms with Crippen LogP contribution in [0.4, 0.5) is 0 Å². The summed E-state index contributed by atoms with van der Waals surface area (Å²) in [7, 11) is -18.7. The van der Waals surface area contributed by atoms with Crippen molar-refractivity contribution in [1.82, 2.24) is 4.98 Å². The lowest BCUT2D eigenvalue weighted by atomic mass is 10.1. The zero-order chi connectivity index (χ0) is 49.6. The highest BCUT2D eigenvalue weighted by Crippen LogP contribution is 2.29. The number of ether oxygens (including phenoxy) is 4. The Kier molecular flexibility index (Phi) is 21.0. The van der Waals surface area contributed by atoms with Crippen LogP contribution in [-0.2, 0) is 58.3 Å². The van der Waals surface area contributed by atoms with E-state index < -0.39 is 54.8 Å². The molecule has 0 amide bonds. The molecule has 0 saturated heterocycles. The van der Waals surface area contributed by atoms with Gasteiger partial charge in [0, 0.05) is 48.9 Å². The Balaban J connectivity index is 1.67. The van der Waals surface area contributed by atoms with E-state index in [-0.39, 0.29) is 99.5 Å². The van der Waals surface area contributed by atoms with E-state index in [1.807, 2.05) is 0 Å². The normalized spacial score (nSPS) is 11.4. The zero-order valence-corrected chi connectivity index (χ0v) is 38.7. The molecule has 0 fully saturated rings. The van der Waals surface area contributed by atoms with E-state index in [1.54, 1.807) is 42.5 Å². The maximum absolute atomic E-state index is 11.1. The standard InChI is InChI=1S/C43H41NO20S4/c1-2-33-10-12-34(13-11-33)14-15-36-31-43(60-25-7-29-64-68(54,55)56)37(32-42(36)59-24-6-28-63-67(51,52)53)17-19-39-9-3-8-38(44-39)18-16-35-30-40(57-22-4-26-61-65(45,46)47)20-21-41(35)58-23-5-27-62-66(48,49)50/h1,3,8-13,20-21,30-32H,4-7,22-29H2,(H,45,46,47)(H,48,49,50)(H,51,52,53)(H,54,55,56). The van der Waals surface area contributed by atoms with Crippen molar-refractivity contribution in [3.8, 4) is 70.9 Å². The number of nitrogens with zero attached hydrogens (tertiary/aromatic N) is 1. The lowest BCUT2D eigenvalue weighted by Crippen LogP contribution is -2.10. The van der Waals surface area contributed by atoms with E-state index in [2.05, 4.69) is 63.2 Å². The number of hydrogen-bond donors (Lipinski definition) is 4. The number of aromatic nitrogens is 1. The molecule has 3 aromatic carbocycles. The minimum absolute atomic E-state index is 0.00902. The minimum Gasteiger partial charge on any atom is -0.493 e. The number of pyridine rings is 1. The van der Waals surface area contributed by atoms with Crippen LogP contribution in [-0.4, -0.2) is 110 Å². The molecule has 0 unspecified atom stereocenters. The summed E-state index contributed by atoms with van der Waals surface area (Å²) in [6.07, 6.45) is 5.66. The predicted molar refractivity (Wildman–Crippen MR) is 240 cm³/mol. The van der Waals surface area contributed by atoms with E-state index in [9.17, 15) is 33.7 Å². The van der Waals surface area contributed by atoms with E-state index in [1.165, 1.54) is 30.3 Å².